The molecular weight excluding hydrogens is 202 g/mol. The van der Waals surface area contributed by atoms with Crippen molar-refractivity contribution >= 4 is 17.5 Å². The molecule has 0 fully saturated rings. The summed E-state index contributed by atoms with van der Waals surface area (Å²) in [5.41, 5.74) is -0.453. The van der Waals surface area contributed by atoms with Crippen molar-refractivity contribution in [2.24, 2.45) is 0 Å². The maximum absolute atomic E-state index is 11.6. The molecule has 1 atom stereocenters. The van der Waals surface area contributed by atoms with Crippen LogP contribution >= 0.6 is 11.6 Å². The molecule has 4 heteroatoms. The molecule has 1 rings (SSSR count). The minimum atomic E-state index is -0.453. The smallest absolute Gasteiger partial charge is 0.287 e. The number of carbonyl (C=O) groups is 1. The molecule has 0 saturated heterocycles. The molecule has 0 spiro atoms. The molecule has 3 nitrogen and oxygen atoms in total. The highest BCUT2D eigenvalue weighted by molar-refractivity contribution is 6.21. The minimum absolute atomic E-state index is 0.151. The molecule has 0 aliphatic rings. The molecule has 1 aromatic rings. The van der Waals surface area contributed by atoms with Gasteiger partial charge in [0, 0.05) is 0 Å². The first kappa shape index (κ1) is 11.1. The van der Waals surface area contributed by atoms with Gasteiger partial charge in [-0.3, -0.25) is 4.79 Å². The van der Waals surface area contributed by atoms with Crippen LogP contribution in [-0.4, -0.2) is 16.8 Å². The van der Waals surface area contributed by atoms with Gasteiger partial charge < -0.3 is 9.73 Å². The number of carbonyl (C=O) groups excluding carboxylic acids is 1. The van der Waals surface area contributed by atoms with Gasteiger partial charge in [0.2, 0.25) is 0 Å². The first-order valence-corrected chi connectivity index (χ1v) is 4.87. The van der Waals surface area contributed by atoms with E-state index in [1.807, 2.05) is 20.8 Å². The Hall–Kier alpha value is -0.960. The van der Waals surface area contributed by atoms with Crippen molar-refractivity contribution in [3.8, 4) is 0 Å². The Morgan fingerprint density at radius 3 is 2.71 bits per heavy atom. The molecule has 1 aromatic heterocycles. The lowest BCUT2D eigenvalue weighted by molar-refractivity contribution is 0.0884. The third-order valence-corrected chi connectivity index (χ3v) is 2.72. The molecule has 0 aliphatic heterocycles. The van der Waals surface area contributed by atoms with Crippen LogP contribution in [0.4, 0.5) is 0 Å². The lowest BCUT2D eigenvalue weighted by atomic mass is 10.0. The Labute approximate surface area is 88.4 Å². The zero-order valence-corrected chi connectivity index (χ0v) is 9.26. The second-order valence-corrected chi connectivity index (χ2v) is 4.42. The molecule has 1 amide bonds. The molecular formula is C10H14ClNO2. The van der Waals surface area contributed by atoms with Gasteiger partial charge in [0.25, 0.3) is 5.91 Å². The quantitative estimate of drug-likeness (QED) is 0.787. The summed E-state index contributed by atoms with van der Waals surface area (Å²) in [6.45, 7) is 5.57. The van der Waals surface area contributed by atoms with Crippen LogP contribution in [-0.2, 0) is 0 Å². The van der Waals surface area contributed by atoms with Gasteiger partial charge in [-0.05, 0) is 32.9 Å². The molecule has 0 bridgehead atoms. The molecule has 1 heterocycles. The van der Waals surface area contributed by atoms with E-state index in [0.717, 1.165) is 0 Å². The van der Waals surface area contributed by atoms with Crippen LogP contribution in [0.2, 0.25) is 0 Å². The third-order valence-electron chi connectivity index (χ3n) is 2.18. The van der Waals surface area contributed by atoms with Crippen molar-refractivity contribution in [3.05, 3.63) is 24.2 Å². The van der Waals surface area contributed by atoms with Crippen LogP contribution in [0.3, 0.4) is 0 Å². The summed E-state index contributed by atoms with van der Waals surface area (Å²) < 4.78 is 4.97. The summed E-state index contributed by atoms with van der Waals surface area (Å²) in [5, 5.41) is 2.64. The molecule has 0 radical (unpaired) electrons. The highest BCUT2D eigenvalue weighted by Crippen LogP contribution is 2.15. The Kier molecular flexibility index (Phi) is 3.21. The van der Waals surface area contributed by atoms with E-state index in [-0.39, 0.29) is 11.3 Å². The minimum Gasteiger partial charge on any atom is -0.459 e. The van der Waals surface area contributed by atoms with Gasteiger partial charge in [-0.2, -0.15) is 0 Å². The number of hydrogen-bond donors (Lipinski definition) is 1. The van der Waals surface area contributed by atoms with Crippen LogP contribution in [0.5, 0.6) is 0 Å². The van der Waals surface area contributed by atoms with E-state index in [9.17, 15) is 4.79 Å². The number of furan rings is 1. The summed E-state index contributed by atoms with van der Waals surface area (Å²) in [6, 6.07) is 3.29. The second kappa shape index (κ2) is 4.05. The number of nitrogens with one attached hydrogen (secondary N) is 1. The third kappa shape index (κ3) is 2.51. The fourth-order valence-corrected chi connectivity index (χ4v) is 0.916. The maximum atomic E-state index is 11.6. The summed E-state index contributed by atoms with van der Waals surface area (Å²) >= 11 is 5.93. The topological polar surface area (TPSA) is 42.2 Å². The highest BCUT2D eigenvalue weighted by Gasteiger charge is 2.27. The molecule has 0 saturated carbocycles. The van der Waals surface area contributed by atoms with Crippen molar-refractivity contribution in [1.82, 2.24) is 5.32 Å². The van der Waals surface area contributed by atoms with E-state index < -0.39 is 5.54 Å². The SMILES string of the molecule is CC(Cl)C(C)(C)NC(=O)c1ccco1. The van der Waals surface area contributed by atoms with Crippen LogP contribution < -0.4 is 5.32 Å². The summed E-state index contributed by atoms with van der Waals surface area (Å²) in [4.78, 5) is 11.6. The number of rotatable bonds is 3. The fraction of sp³-hybridized carbons (Fsp3) is 0.500. The van der Waals surface area contributed by atoms with Gasteiger partial charge in [-0.15, -0.1) is 11.6 Å². The van der Waals surface area contributed by atoms with Crippen LogP contribution in [0.25, 0.3) is 0 Å². The van der Waals surface area contributed by atoms with E-state index in [2.05, 4.69) is 5.32 Å². The van der Waals surface area contributed by atoms with Gasteiger partial charge in [0.15, 0.2) is 5.76 Å². The molecule has 14 heavy (non-hydrogen) atoms. The Morgan fingerprint density at radius 1 is 1.64 bits per heavy atom. The monoisotopic (exact) mass is 215 g/mol. The number of hydrogen-bond acceptors (Lipinski definition) is 2. The number of amides is 1. The van der Waals surface area contributed by atoms with E-state index >= 15 is 0 Å². The summed E-state index contributed by atoms with van der Waals surface area (Å²) in [7, 11) is 0. The lowest BCUT2D eigenvalue weighted by Crippen LogP contribution is -2.48. The van der Waals surface area contributed by atoms with Gasteiger partial charge >= 0.3 is 0 Å². The van der Waals surface area contributed by atoms with Crippen molar-refractivity contribution in [2.45, 2.75) is 31.7 Å². The molecule has 1 unspecified atom stereocenters. The molecule has 78 valence electrons. The Bertz CT molecular complexity index is 304. The van der Waals surface area contributed by atoms with Crippen molar-refractivity contribution < 1.29 is 9.21 Å². The zero-order chi connectivity index (χ0) is 10.8. The fourth-order valence-electron chi connectivity index (χ4n) is 0.861. The van der Waals surface area contributed by atoms with E-state index in [1.54, 1.807) is 12.1 Å². The van der Waals surface area contributed by atoms with Gasteiger partial charge in [-0.25, -0.2) is 0 Å². The Balaban J connectivity index is 2.66. The molecule has 0 aliphatic carbocycles. The first-order valence-electron chi connectivity index (χ1n) is 4.43. The van der Waals surface area contributed by atoms with E-state index in [4.69, 9.17) is 16.0 Å². The van der Waals surface area contributed by atoms with Crippen LogP contribution in [0.15, 0.2) is 22.8 Å². The highest BCUT2D eigenvalue weighted by atomic mass is 35.5. The average molecular weight is 216 g/mol. The number of halogens is 1. The number of alkyl halides is 1. The van der Waals surface area contributed by atoms with Gasteiger partial charge in [0.1, 0.15) is 0 Å². The first-order chi connectivity index (χ1) is 6.43. The predicted molar refractivity (Wildman–Crippen MR) is 55.6 cm³/mol. The van der Waals surface area contributed by atoms with E-state index in [1.165, 1.54) is 6.26 Å². The van der Waals surface area contributed by atoms with Crippen LogP contribution in [0, 0.1) is 0 Å². The van der Waals surface area contributed by atoms with Crippen LogP contribution in [0.1, 0.15) is 31.3 Å². The van der Waals surface area contributed by atoms with Gasteiger partial charge in [0.05, 0.1) is 17.2 Å². The predicted octanol–water partition coefficient (Wildman–Crippen LogP) is 2.42. The second-order valence-electron chi connectivity index (χ2n) is 3.77. The average Bonchev–Trinajstić information content (AvgIpc) is 2.54. The maximum Gasteiger partial charge on any atom is 0.287 e. The largest absolute Gasteiger partial charge is 0.459 e. The standard InChI is InChI=1S/C10H14ClNO2/c1-7(11)10(2,3)12-9(13)8-5-4-6-14-8/h4-7H,1-3H3,(H,12,13). The van der Waals surface area contributed by atoms with Crippen molar-refractivity contribution in [3.63, 3.8) is 0 Å². The molecule has 1 N–H and O–H groups in total. The molecule has 0 aromatic carbocycles. The van der Waals surface area contributed by atoms with Crippen molar-refractivity contribution in [1.29, 1.82) is 0 Å². The zero-order valence-electron chi connectivity index (χ0n) is 8.50. The van der Waals surface area contributed by atoms with Gasteiger partial charge in [-0.1, -0.05) is 0 Å². The summed E-state index contributed by atoms with van der Waals surface area (Å²) in [5.74, 6) is 0.0582. The normalized spacial score (nSPS) is 13.7. The van der Waals surface area contributed by atoms with Crippen molar-refractivity contribution in [2.75, 3.05) is 0 Å². The lowest BCUT2D eigenvalue weighted by Gasteiger charge is -2.28. The Morgan fingerprint density at radius 2 is 2.29 bits per heavy atom. The summed E-state index contributed by atoms with van der Waals surface area (Å²) in [6.07, 6.45) is 1.46. The van der Waals surface area contributed by atoms with E-state index in [0.29, 0.717) is 5.76 Å².